The smallest absolute Gasteiger partial charge is 0.325 e. The van der Waals surface area contributed by atoms with E-state index in [1.54, 1.807) is 13.3 Å². The lowest BCUT2D eigenvalue weighted by atomic mass is 9.95. The molecule has 1 amide bonds. The second kappa shape index (κ2) is 18.3. The number of aromatic nitrogens is 3. The Balaban J connectivity index is 1.83. The summed E-state index contributed by atoms with van der Waals surface area (Å²) >= 11 is 3.62. The first kappa shape index (κ1) is 35.7. The summed E-state index contributed by atoms with van der Waals surface area (Å²) in [7, 11) is 1.59. The van der Waals surface area contributed by atoms with Crippen LogP contribution < -0.4 is 14.9 Å². The summed E-state index contributed by atoms with van der Waals surface area (Å²) in [6, 6.07) is 6.28. The number of hydrogen-bond acceptors (Lipinski definition) is 15. The number of nitrogens with one attached hydrogen (secondary N) is 2. The minimum absolute atomic E-state index is 0.0158. The number of methoxy groups -OCH3 is 1. The Bertz CT molecular complexity index is 1280. The van der Waals surface area contributed by atoms with E-state index in [-0.39, 0.29) is 19.6 Å². The van der Waals surface area contributed by atoms with Crippen LogP contribution in [0.3, 0.4) is 0 Å². The summed E-state index contributed by atoms with van der Waals surface area (Å²) in [6.45, 7) is 4.65. The van der Waals surface area contributed by atoms with Crippen LogP contribution in [0.25, 0.3) is 11.3 Å². The number of esters is 2. The van der Waals surface area contributed by atoms with Gasteiger partial charge in [-0.1, -0.05) is 35.0 Å². The van der Waals surface area contributed by atoms with Crippen molar-refractivity contribution in [2.24, 2.45) is 0 Å². The zero-order valence-electron chi connectivity index (χ0n) is 25.5. The normalized spacial score (nSPS) is 21.0. The van der Waals surface area contributed by atoms with Gasteiger partial charge in [0.25, 0.3) is 0 Å². The molecule has 17 heteroatoms. The van der Waals surface area contributed by atoms with Crippen LogP contribution in [0.2, 0.25) is 0 Å². The molecular weight excluding hydrogens is 614 g/mol. The maximum atomic E-state index is 12.2. The number of unbranched alkanes of at least 4 members (excludes halogenated alkanes) is 1. The van der Waals surface area contributed by atoms with Crippen LogP contribution in [0, 0.1) is 0 Å². The molecule has 2 heterocycles. The van der Waals surface area contributed by atoms with Gasteiger partial charge in [0, 0.05) is 46.5 Å². The van der Waals surface area contributed by atoms with Crippen molar-refractivity contribution in [3.8, 4) is 17.0 Å². The van der Waals surface area contributed by atoms with Gasteiger partial charge in [-0.25, -0.2) is 4.68 Å². The van der Waals surface area contributed by atoms with Gasteiger partial charge in [-0.2, -0.15) is 0 Å². The van der Waals surface area contributed by atoms with E-state index in [1.165, 1.54) is 25.5 Å². The summed E-state index contributed by atoms with van der Waals surface area (Å²) in [5.41, 5.74) is 1.29. The van der Waals surface area contributed by atoms with Crippen LogP contribution >= 0.6 is 12.8 Å². The molecule has 1 aromatic carbocycles. The first-order valence-corrected chi connectivity index (χ1v) is 14.7. The first-order chi connectivity index (χ1) is 21.6. The van der Waals surface area contributed by atoms with Crippen LogP contribution in [0.5, 0.6) is 5.75 Å². The molecular formula is C28H39N5O11S. The molecule has 248 valence electrons. The van der Waals surface area contributed by atoms with Crippen molar-refractivity contribution in [2.75, 3.05) is 26.9 Å². The van der Waals surface area contributed by atoms with E-state index in [2.05, 4.69) is 33.3 Å². The van der Waals surface area contributed by atoms with E-state index in [1.807, 2.05) is 29.2 Å². The monoisotopic (exact) mass is 653 g/mol. The number of ether oxygens (including phenoxy) is 6. The lowest BCUT2D eigenvalue weighted by Crippen LogP contribution is -2.66. The summed E-state index contributed by atoms with van der Waals surface area (Å²) in [6.07, 6.45) is -1.71. The van der Waals surface area contributed by atoms with Crippen LogP contribution in [-0.4, -0.2) is 96.4 Å². The molecule has 1 aliphatic heterocycles. The van der Waals surface area contributed by atoms with Crippen LogP contribution in [0.15, 0.2) is 30.5 Å². The van der Waals surface area contributed by atoms with Crippen molar-refractivity contribution in [2.45, 2.75) is 77.2 Å². The fourth-order valence-electron chi connectivity index (χ4n) is 4.61. The lowest BCUT2D eigenvalue weighted by Gasteiger charge is -2.45. The van der Waals surface area contributed by atoms with E-state index in [0.717, 1.165) is 5.56 Å². The Kier molecular flexibility index (Phi) is 14.5. The highest BCUT2D eigenvalue weighted by Crippen LogP contribution is 2.29. The number of hydrogen-bond donors (Lipinski definition) is 3. The van der Waals surface area contributed by atoms with Gasteiger partial charge in [0.15, 0.2) is 18.5 Å². The zero-order valence-corrected chi connectivity index (χ0v) is 26.4. The van der Waals surface area contributed by atoms with Gasteiger partial charge in [0.2, 0.25) is 5.91 Å². The van der Waals surface area contributed by atoms with E-state index >= 15 is 0 Å². The van der Waals surface area contributed by atoms with Crippen molar-refractivity contribution in [3.05, 3.63) is 30.5 Å². The molecule has 0 bridgehead atoms. The van der Waals surface area contributed by atoms with Crippen molar-refractivity contribution >= 4 is 36.6 Å². The molecule has 45 heavy (non-hydrogen) atoms. The minimum atomic E-state index is -1.17. The highest BCUT2D eigenvalue weighted by molar-refractivity contribution is 7.77. The van der Waals surface area contributed by atoms with Crippen LogP contribution in [-0.2, 0) is 54.2 Å². The van der Waals surface area contributed by atoms with Gasteiger partial charge in [-0.05, 0) is 25.0 Å². The van der Waals surface area contributed by atoms with Gasteiger partial charge < -0.3 is 38.6 Å². The van der Waals surface area contributed by atoms with Gasteiger partial charge in [-0.3, -0.25) is 19.2 Å². The molecule has 0 radical (unpaired) electrons. The number of rotatable bonds is 17. The third-order valence-electron chi connectivity index (χ3n) is 6.43. The highest BCUT2D eigenvalue weighted by atomic mass is 32.1. The van der Waals surface area contributed by atoms with E-state index in [0.29, 0.717) is 37.5 Å². The van der Waals surface area contributed by atoms with Gasteiger partial charge in [0.1, 0.15) is 30.2 Å². The van der Waals surface area contributed by atoms with Crippen LogP contribution in [0.4, 0.5) is 0 Å². The van der Waals surface area contributed by atoms with Crippen molar-refractivity contribution in [1.82, 2.24) is 25.2 Å². The SMILES string of the molecule is COCCOc1cccc(-c2cn(CC3O[C@@H](OCCCCC(=O)ONS)[C@@H](NC(C)=O)C(OC(C)=O)[C@H]3OC(C)=O)nn2)c1. The van der Waals surface area contributed by atoms with E-state index in [9.17, 15) is 19.2 Å². The molecule has 16 nitrogen and oxygen atoms in total. The Hall–Kier alpha value is -3.77. The van der Waals surface area contributed by atoms with Gasteiger partial charge >= 0.3 is 17.9 Å². The molecule has 0 spiro atoms. The lowest BCUT2D eigenvalue weighted by molar-refractivity contribution is -0.274. The van der Waals surface area contributed by atoms with Gasteiger partial charge in [0.05, 0.1) is 19.3 Å². The second-order valence-electron chi connectivity index (χ2n) is 10.0. The molecule has 1 aromatic heterocycles. The molecule has 2 unspecified atom stereocenters. The third kappa shape index (κ3) is 11.6. The molecule has 0 aliphatic carbocycles. The fraction of sp³-hybridized carbons (Fsp3) is 0.571. The van der Waals surface area contributed by atoms with Gasteiger partial charge in [-0.15, -0.1) is 5.10 Å². The Labute approximate surface area is 265 Å². The molecule has 1 aliphatic rings. The second-order valence-corrected chi connectivity index (χ2v) is 10.2. The largest absolute Gasteiger partial charge is 0.491 e. The van der Waals surface area contributed by atoms with Crippen molar-refractivity contribution < 1.29 is 52.4 Å². The van der Waals surface area contributed by atoms with E-state index < -0.39 is 54.5 Å². The number of carbonyl (C=O) groups excluding carboxylic acids is 4. The molecule has 2 aromatic rings. The van der Waals surface area contributed by atoms with Crippen molar-refractivity contribution in [1.29, 1.82) is 0 Å². The summed E-state index contributed by atoms with van der Waals surface area (Å²) < 4.78 is 35.6. The highest BCUT2D eigenvalue weighted by Gasteiger charge is 2.51. The fourth-order valence-corrected chi connectivity index (χ4v) is 4.71. The number of benzene rings is 1. The predicted octanol–water partition coefficient (Wildman–Crippen LogP) is 1.14. The molecule has 2 N–H and O–H groups in total. The van der Waals surface area contributed by atoms with E-state index in [4.69, 9.17) is 28.4 Å². The summed E-state index contributed by atoms with van der Waals surface area (Å²) in [5, 5.41) is 11.2. The maximum Gasteiger partial charge on any atom is 0.325 e. The Morgan fingerprint density at radius 1 is 1.02 bits per heavy atom. The average Bonchev–Trinajstić information content (AvgIpc) is 3.45. The summed E-state index contributed by atoms with van der Waals surface area (Å²) in [5.74, 6) is -1.64. The first-order valence-electron chi connectivity index (χ1n) is 14.2. The number of thiol groups is 1. The number of nitrogens with zero attached hydrogens (tertiary/aromatic N) is 3. The molecule has 5 atom stereocenters. The minimum Gasteiger partial charge on any atom is -0.491 e. The topological polar surface area (TPSA) is 188 Å². The average molecular weight is 654 g/mol. The molecule has 0 saturated carbocycles. The zero-order chi connectivity index (χ0) is 32.8. The van der Waals surface area contributed by atoms with Crippen molar-refractivity contribution in [3.63, 3.8) is 0 Å². The maximum absolute atomic E-state index is 12.2. The molecule has 3 rings (SSSR count). The molecule has 1 fully saturated rings. The molecule has 1 saturated heterocycles. The standard InChI is InChI=1S/C28H39N5O11S/c1-17(34)29-25-27(42-19(3)36)26(41-18(2)35)23(43-28(25)40-11-6-5-10-24(37)44-32-45)16-33-15-22(30-31-33)20-8-7-9-21(14-20)39-13-12-38-4/h7-9,14-15,23,25-28,32,45H,5-6,10-13,16H2,1-4H3,(H,29,34)/t23?,25-,26-,27?,28+/m0/s1. The Morgan fingerprint density at radius 3 is 2.47 bits per heavy atom. The number of carbonyl (C=O) groups is 4. The van der Waals surface area contributed by atoms with Crippen LogP contribution in [0.1, 0.15) is 40.0 Å². The number of amides is 1. The predicted molar refractivity (Wildman–Crippen MR) is 158 cm³/mol. The summed E-state index contributed by atoms with van der Waals surface area (Å²) in [4.78, 5) is 54.7. The quantitative estimate of drug-likeness (QED) is 0.0725. The third-order valence-corrected chi connectivity index (χ3v) is 6.52. The Morgan fingerprint density at radius 2 is 1.78 bits per heavy atom.